The fourth-order valence-corrected chi connectivity index (χ4v) is 1.28. The molecule has 0 fully saturated rings. The fourth-order valence-electron chi connectivity index (χ4n) is 1.17. The zero-order valence-electron chi connectivity index (χ0n) is 7.03. The molecule has 0 amide bonds. The summed E-state index contributed by atoms with van der Waals surface area (Å²) in [4.78, 5) is 13.4. The summed E-state index contributed by atoms with van der Waals surface area (Å²) < 4.78 is 4.85. The number of anilines is 1. The van der Waals surface area contributed by atoms with Crippen molar-refractivity contribution < 1.29 is 4.42 Å². The fraction of sp³-hybridized carbons (Fsp3) is 0. The van der Waals surface area contributed by atoms with Crippen LogP contribution in [0, 0.1) is 0 Å². The second kappa shape index (κ2) is 3.15. The van der Waals surface area contributed by atoms with Crippen LogP contribution in [0.25, 0.3) is 11.1 Å². The summed E-state index contributed by atoms with van der Waals surface area (Å²) in [7, 11) is 0. The quantitative estimate of drug-likeness (QED) is 0.604. The maximum absolute atomic E-state index is 10.8. The highest BCUT2D eigenvalue weighted by Gasteiger charge is 2.01. The predicted molar refractivity (Wildman–Crippen MR) is 57.2 cm³/mol. The third-order valence-corrected chi connectivity index (χ3v) is 1.79. The number of benzene rings is 1. The van der Waals surface area contributed by atoms with Crippen molar-refractivity contribution in [2.75, 3.05) is 5.32 Å². The third-order valence-electron chi connectivity index (χ3n) is 1.69. The summed E-state index contributed by atoms with van der Waals surface area (Å²) in [6, 6.07) is 5.10. The van der Waals surface area contributed by atoms with Gasteiger partial charge in [-0.15, -0.1) is 0 Å². The number of H-pyrrole nitrogens is 1. The largest absolute Gasteiger partial charge is 0.417 e. The van der Waals surface area contributed by atoms with E-state index in [-0.39, 0.29) is 5.11 Å². The lowest BCUT2D eigenvalue weighted by Gasteiger charge is -2.01. The Balaban J connectivity index is 2.50. The molecule has 1 aromatic heterocycles. The Morgan fingerprint density at radius 2 is 2.36 bits per heavy atom. The van der Waals surface area contributed by atoms with Crippen molar-refractivity contribution in [1.82, 2.24) is 4.98 Å². The van der Waals surface area contributed by atoms with E-state index in [1.54, 1.807) is 18.2 Å². The smallest absolute Gasteiger partial charge is 0.408 e. The van der Waals surface area contributed by atoms with Gasteiger partial charge in [-0.05, 0) is 24.4 Å². The molecule has 0 bridgehead atoms. The summed E-state index contributed by atoms with van der Waals surface area (Å²) in [5.74, 6) is -0.479. The van der Waals surface area contributed by atoms with Crippen molar-refractivity contribution in [3.63, 3.8) is 0 Å². The number of thiocarbonyl (C=S) groups is 1. The van der Waals surface area contributed by atoms with Gasteiger partial charge >= 0.3 is 5.76 Å². The molecule has 14 heavy (non-hydrogen) atoms. The zero-order chi connectivity index (χ0) is 10.1. The monoisotopic (exact) mass is 209 g/mol. The molecule has 0 saturated carbocycles. The molecule has 6 heteroatoms. The molecule has 0 radical (unpaired) electrons. The van der Waals surface area contributed by atoms with Crippen LogP contribution in [0.2, 0.25) is 0 Å². The van der Waals surface area contributed by atoms with Gasteiger partial charge in [0.1, 0.15) is 0 Å². The van der Waals surface area contributed by atoms with Crippen LogP contribution in [0.15, 0.2) is 27.4 Å². The van der Waals surface area contributed by atoms with Gasteiger partial charge in [0.05, 0.1) is 5.52 Å². The van der Waals surface area contributed by atoms with E-state index in [0.717, 1.165) is 0 Å². The molecule has 1 heterocycles. The van der Waals surface area contributed by atoms with Gasteiger partial charge in [-0.25, -0.2) is 4.79 Å². The summed E-state index contributed by atoms with van der Waals surface area (Å²) in [5, 5.41) is 2.91. The molecule has 1 aromatic carbocycles. The molecule has 72 valence electrons. The predicted octanol–water partition coefficient (Wildman–Crippen LogP) is 0.777. The highest BCUT2D eigenvalue weighted by atomic mass is 32.1. The number of rotatable bonds is 1. The van der Waals surface area contributed by atoms with E-state index >= 15 is 0 Å². The number of hydrogen-bond acceptors (Lipinski definition) is 3. The first kappa shape index (κ1) is 8.76. The van der Waals surface area contributed by atoms with Crippen molar-refractivity contribution in [3.05, 3.63) is 28.7 Å². The number of nitrogens with one attached hydrogen (secondary N) is 2. The second-order valence-electron chi connectivity index (χ2n) is 2.71. The minimum absolute atomic E-state index is 0.169. The number of hydrogen-bond donors (Lipinski definition) is 3. The number of fused-ring (bicyclic) bond motifs is 1. The standard InChI is InChI=1S/C8H7N3O2S/c9-7(14)10-4-1-2-5-6(3-4)13-8(12)11-5/h1-3H,(H,11,12)(H3,9,10,14). The number of nitrogens with two attached hydrogens (primary N) is 1. The van der Waals surface area contributed by atoms with Gasteiger partial charge in [-0.3, -0.25) is 4.98 Å². The Morgan fingerprint density at radius 3 is 3.07 bits per heavy atom. The van der Waals surface area contributed by atoms with Crippen LogP contribution in [0.4, 0.5) is 5.69 Å². The maximum atomic E-state index is 10.8. The van der Waals surface area contributed by atoms with Crippen LogP contribution in [0.5, 0.6) is 0 Å². The van der Waals surface area contributed by atoms with Crippen LogP contribution < -0.4 is 16.8 Å². The second-order valence-corrected chi connectivity index (χ2v) is 3.15. The Hall–Kier alpha value is -1.82. The van der Waals surface area contributed by atoms with E-state index in [2.05, 4.69) is 22.5 Å². The molecule has 0 aliphatic rings. The van der Waals surface area contributed by atoms with Crippen molar-refractivity contribution in [1.29, 1.82) is 0 Å². The van der Waals surface area contributed by atoms with Crippen molar-refractivity contribution >= 4 is 34.1 Å². The van der Waals surface area contributed by atoms with Gasteiger partial charge in [0.25, 0.3) is 0 Å². The Kier molecular flexibility index (Phi) is 1.97. The lowest BCUT2D eigenvalue weighted by molar-refractivity contribution is 0.555. The van der Waals surface area contributed by atoms with Gasteiger partial charge in [0.15, 0.2) is 10.7 Å². The first-order chi connectivity index (χ1) is 6.65. The molecular formula is C8H7N3O2S. The third kappa shape index (κ3) is 1.60. The molecule has 2 aromatic rings. The van der Waals surface area contributed by atoms with Gasteiger partial charge in [-0.2, -0.15) is 0 Å². The summed E-state index contributed by atoms with van der Waals surface area (Å²) in [6.07, 6.45) is 0. The maximum Gasteiger partial charge on any atom is 0.417 e. The average molecular weight is 209 g/mol. The van der Waals surface area contributed by atoms with Gasteiger partial charge < -0.3 is 15.5 Å². The SMILES string of the molecule is NC(=S)Nc1ccc2[nH]c(=O)oc2c1. The van der Waals surface area contributed by atoms with E-state index in [9.17, 15) is 4.79 Å². The van der Waals surface area contributed by atoms with Crippen LogP contribution in [0.3, 0.4) is 0 Å². The van der Waals surface area contributed by atoms with Crippen LogP contribution in [-0.2, 0) is 0 Å². The van der Waals surface area contributed by atoms with E-state index in [1.165, 1.54) is 0 Å². The average Bonchev–Trinajstić information content (AvgIpc) is 2.42. The molecule has 0 unspecified atom stereocenters. The van der Waals surface area contributed by atoms with Gasteiger partial charge in [0.2, 0.25) is 0 Å². The minimum atomic E-state index is -0.479. The lowest BCUT2D eigenvalue weighted by atomic mass is 10.3. The van der Waals surface area contributed by atoms with Crippen LogP contribution in [0.1, 0.15) is 0 Å². The van der Waals surface area contributed by atoms with Crippen LogP contribution in [-0.4, -0.2) is 10.1 Å². The molecular weight excluding hydrogens is 202 g/mol. The Morgan fingerprint density at radius 1 is 1.57 bits per heavy atom. The summed E-state index contributed by atoms with van der Waals surface area (Å²) in [5.41, 5.74) is 7.09. The first-order valence-corrected chi connectivity index (χ1v) is 4.25. The highest BCUT2D eigenvalue weighted by molar-refractivity contribution is 7.80. The number of aromatic amines is 1. The topological polar surface area (TPSA) is 84.0 Å². The van der Waals surface area contributed by atoms with Crippen LogP contribution >= 0.6 is 12.2 Å². The van der Waals surface area contributed by atoms with Crippen molar-refractivity contribution in [2.45, 2.75) is 0 Å². The van der Waals surface area contributed by atoms with E-state index in [4.69, 9.17) is 10.2 Å². The number of oxazole rings is 1. The molecule has 4 N–H and O–H groups in total. The summed E-state index contributed by atoms with van der Waals surface area (Å²) in [6.45, 7) is 0. The molecule has 5 nitrogen and oxygen atoms in total. The zero-order valence-corrected chi connectivity index (χ0v) is 7.85. The van der Waals surface area contributed by atoms with Crippen molar-refractivity contribution in [3.8, 4) is 0 Å². The molecule has 0 aliphatic heterocycles. The van der Waals surface area contributed by atoms with Gasteiger partial charge in [-0.1, -0.05) is 0 Å². The summed E-state index contributed by atoms with van der Waals surface area (Å²) >= 11 is 4.67. The highest BCUT2D eigenvalue weighted by Crippen LogP contribution is 2.15. The number of aromatic nitrogens is 1. The first-order valence-electron chi connectivity index (χ1n) is 3.84. The van der Waals surface area contributed by atoms with Gasteiger partial charge in [0, 0.05) is 11.8 Å². The lowest BCUT2D eigenvalue weighted by Crippen LogP contribution is -2.18. The van der Waals surface area contributed by atoms with E-state index in [1.807, 2.05) is 0 Å². The molecule has 2 rings (SSSR count). The minimum Gasteiger partial charge on any atom is -0.408 e. The van der Waals surface area contributed by atoms with Crippen molar-refractivity contribution in [2.24, 2.45) is 5.73 Å². The van der Waals surface area contributed by atoms with E-state index < -0.39 is 5.76 Å². The Bertz CT molecular complexity index is 543. The van der Waals surface area contributed by atoms with E-state index in [0.29, 0.717) is 16.8 Å². The molecule has 0 aliphatic carbocycles. The Labute approximate surface area is 83.9 Å². The molecule has 0 atom stereocenters. The molecule has 0 saturated heterocycles. The normalized spacial score (nSPS) is 10.3. The molecule has 0 spiro atoms.